The number of ether oxygens (including phenoxy) is 1. The molecule has 0 aliphatic heterocycles. The molecular formula is C12H18N4O2S. The predicted octanol–water partition coefficient (Wildman–Crippen LogP) is 1.15. The van der Waals surface area contributed by atoms with Gasteiger partial charge in [0.05, 0.1) is 24.5 Å². The summed E-state index contributed by atoms with van der Waals surface area (Å²) in [5.41, 5.74) is 5.69. The highest BCUT2D eigenvalue weighted by atomic mass is 32.1. The van der Waals surface area contributed by atoms with E-state index in [0.717, 1.165) is 0 Å². The first-order valence-corrected chi connectivity index (χ1v) is 6.31. The third kappa shape index (κ3) is 4.44. The van der Waals surface area contributed by atoms with Gasteiger partial charge in [0.15, 0.2) is 5.69 Å². The first kappa shape index (κ1) is 15.3. The van der Waals surface area contributed by atoms with Gasteiger partial charge in [-0.15, -0.1) is 0 Å². The van der Waals surface area contributed by atoms with E-state index in [0.29, 0.717) is 23.8 Å². The summed E-state index contributed by atoms with van der Waals surface area (Å²) in [5.74, 6) is 0.0987. The summed E-state index contributed by atoms with van der Waals surface area (Å²) in [6, 6.07) is 0.191. The maximum absolute atomic E-state index is 11.4. The van der Waals surface area contributed by atoms with Gasteiger partial charge in [-0.1, -0.05) is 12.2 Å². The molecular weight excluding hydrogens is 264 g/mol. The van der Waals surface area contributed by atoms with E-state index in [2.05, 4.69) is 14.7 Å². The minimum Gasteiger partial charge on any atom is -0.464 e. The molecule has 0 aromatic carbocycles. The molecule has 0 amide bonds. The molecule has 0 bridgehead atoms. The van der Waals surface area contributed by atoms with Crippen LogP contribution in [-0.4, -0.2) is 40.6 Å². The fourth-order valence-electron chi connectivity index (χ4n) is 1.56. The monoisotopic (exact) mass is 282 g/mol. The first-order valence-electron chi connectivity index (χ1n) is 5.91. The molecule has 0 aliphatic rings. The van der Waals surface area contributed by atoms with Crippen LogP contribution in [0, 0.1) is 0 Å². The summed E-state index contributed by atoms with van der Waals surface area (Å²) in [5, 5.41) is 0. The van der Waals surface area contributed by atoms with Crippen molar-refractivity contribution in [1.82, 2.24) is 9.97 Å². The van der Waals surface area contributed by atoms with Gasteiger partial charge in [0.25, 0.3) is 0 Å². The Balaban J connectivity index is 2.96. The zero-order valence-corrected chi connectivity index (χ0v) is 12.1. The Morgan fingerprint density at radius 3 is 2.74 bits per heavy atom. The zero-order valence-electron chi connectivity index (χ0n) is 11.3. The molecule has 1 aromatic heterocycles. The Kier molecular flexibility index (Phi) is 5.62. The molecule has 0 aliphatic carbocycles. The molecule has 0 saturated heterocycles. The summed E-state index contributed by atoms with van der Waals surface area (Å²) in [6.45, 7) is 4.67. The number of carbonyl (C=O) groups excluding carboxylic acids is 1. The van der Waals surface area contributed by atoms with Gasteiger partial charge in [0.2, 0.25) is 0 Å². The van der Waals surface area contributed by atoms with Crippen LogP contribution in [0.15, 0.2) is 12.4 Å². The Labute approximate surface area is 118 Å². The molecule has 0 unspecified atom stereocenters. The lowest BCUT2D eigenvalue weighted by Crippen LogP contribution is -2.34. The van der Waals surface area contributed by atoms with Crippen molar-refractivity contribution < 1.29 is 9.53 Å². The number of rotatable bonds is 6. The van der Waals surface area contributed by atoms with Gasteiger partial charge < -0.3 is 15.4 Å². The number of nitrogens with two attached hydrogens (primary N) is 1. The molecule has 1 rings (SSSR count). The highest BCUT2D eigenvalue weighted by Gasteiger charge is 2.15. The topological polar surface area (TPSA) is 81.3 Å². The van der Waals surface area contributed by atoms with Crippen LogP contribution in [0.4, 0.5) is 5.82 Å². The number of carbonyl (C=O) groups is 1. The van der Waals surface area contributed by atoms with Gasteiger partial charge in [-0.3, -0.25) is 4.98 Å². The van der Waals surface area contributed by atoms with Crippen molar-refractivity contribution in [2.24, 2.45) is 5.73 Å². The van der Waals surface area contributed by atoms with Crippen molar-refractivity contribution in [3.05, 3.63) is 18.1 Å². The number of esters is 1. The number of methoxy groups -OCH3 is 1. The Bertz CT molecular complexity index is 465. The van der Waals surface area contributed by atoms with Crippen LogP contribution in [0.1, 0.15) is 30.8 Å². The highest BCUT2D eigenvalue weighted by Crippen LogP contribution is 2.14. The molecule has 0 radical (unpaired) electrons. The summed E-state index contributed by atoms with van der Waals surface area (Å²) < 4.78 is 4.63. The van der Waals surface area contributed by atoms with Gasteiger partial charge >= 0.3 is 5.97 Å². The van der Waals surface area contributed by atoms with Crippen LogP contribution >= 0.6 is 12.2 Å². The molecule has 1 aromatic rings. The van der Waals surface area contributed by atoms with Crippen molar-refractivity contribution >= 4 is 29.0 Å². The molecule has 0 spiro atoms. The van der Waals surface area contributed by atoms with E-state index < -0.39 is 5.97 Å². The lowest BCUT2D eigenvalue weighted by atomic mass is 10.3. The van der Waals surface area contributed by atoms with E-state index in [4.69, 9.17) is 18.0 Å². The minimum absolute atomic E-state index is 0.181. The van der Waals surface area contributed by atoms with E-state index in [1.807, 2.05) is 18.7 Å². The van der Waals surface area contributed by atoms with Gasteiger partial charge in [-0.25, -0.2) is 9.78 Å². The summed E-state index contributed by atoms with van der Waals surface area (Å²) in [7, 11) is 1.31. The SMILES string of the molecule is COC(=O)c1cncc(N(CCC(N)=S)C(C)C)n1. The lowest BCUT2D eigenvalue weighted by molar-refractivity contribution is 0.0593. The molecule has 7 heteroatoms. The highest BCUT2D eigenvalue weighted by molar-refractivity contribution is 7.80. The third-order valence-corrected chi connectivity index (χ3v) is 2.74. The van der Waals surface area contributed by atoms with Gasteiger partial charge in [0, 0.05) is 19.0 Å². The van der Waals surface area contributed by atoms with Crippen molar-refractivity contribution in [2.75, 3.05) is 18.6 Å². The second-order valence-electron chi connectivity index (χ2n) is 4.26. The molecule has 0 saturated carbocycles. The zero-order chi connectivity index (χ0) is 14.4. The van der Waals surface area contributed by atoms with Crippen molar-refractivity contribution in [3.63, 3.8) is 0 Å². The quantitative estimate of drug-likeness (QED) is 0.619. The predicted molar refractivity (Wildman–Crippen MR) is 77.3 cm³/mol. The average molecular weight is 282 g/mol. The maximum Gasteiger partial charge on any atom is 0.358 e. The summed E-state index contributed by atoms with van der Waals surface area (Å²) in [4.78, 5) is 22.1. The van der Waals surface area contributed by atoms with Crippen LogP contribution in [0.5, 0.6) is 0 Å². The van der Waals surface area contributed by atoms with Crippen LogP contribution in [0.25, 0.3) is 0 Å². The Hall–Kier alpha value is -1.76. The van der Waals surface area contributed by atoms with E-state index >= 15 is 0 Å². The van der Waals surface area contributed by atoms with Crippen molar-refractivity contribution in [3.8, 4) is 0 Å². The second kappa shape index (κ2) is 6.98. The second-order valence-corrected chi connectivity index (χ2v) is 4.78. The van der Waals surface area contributed by atoms with E-state index in [9.17, 15) is 4.79 Å². The lowest BCUT2D eigenvalue weighted by Gasteiger charge is -2.27. The van der Waals surface area contributed by atoms with Crippen LogP contribution in [0.3, 0.4) is 0 Å². The van der Waals surface area contributed by atoms with E-state index in [-0.39, 0.29) is 11.7 Å². The maximum atomic E-state index is 11.4. The fraction of sp³-hybridized carbons (Fsp3) is 0.500. The molecule has 0 fully saturated rings. The number of aromatic nitrogens is 2. The first-order chi connectivity index (χ1) is 8.95. The summed E-state index contributed by atoms with van der Waals surface area (Å²) >= 11 is 4.88. The van der Waals surface area contributed by atoms with Gasteiger partial charge in [-0.2, -0.15) is 0 Å². The fourth-order valence-corrected chi connectivity index (χ4v) is 1.66. The molecule has 1 heterocycles. The van der Waals surface area contributed by atoms with Crippen LogP contribution in [0.2, 0.25) is 0 Å². The normalized spacial score (nSPS) is 10.3. The van der Waals surface area contributed by atoms with Crippen molar-refractivity contribution in [1.29, 1.82) is 0 Å². The van der Waals surface area contributed by atoms with Gasteiger partial charge in [-0.05, 0) is 13.8 Å². The molecule has 19 heavy (non-hydrogen) atoms. The van der Waals surface area contributed by atoms with Crippen LogP contribution < -0.4 is 10.6 Å². The number of nitrogens with zero attached hydrogens (tertiary/aromatic N) is 3. The minimum atomic E-state index is -0.507. The molecule has 6 nitrogen and oxygen atoms in total. The van der Waals surface area contributed by atoms with Gasteiger partial charge in [0.1, 0.15) is 5.82 Å². The Morgan fingerprint density at radius 2 is 2.21 bits per heavy atom. The smallest absolute Gasteiger partial charge is 0.358 e. The number of thiocarbonyl (C=S) groups is 1. The van der Waals surface area contributed by atoms with E-state index in [1.165, 1.54) is 13.3 Å². The number of hydrogen-bond acceptors (Lipinski definition) is 6. The van der Waals surface area contributed by atoms with Crippen molar-refractivity contribution in [2.45, 2.75) is 26.3 Å². The Morgan fingerprint density at radius 1 is 1.53 bits per heavy atom. The standard InChI is InChI=1S/C12H18N4O2S/c1-8(2)16(5-4-10(13)19)11-7-14-6-9(15-11)12(17)18-3/h6-8H,4-5H2,1-3H3,(H2,13,19). The van der Waals surface area contributed by atoms with Crippen LogP contribution in [-0.2, 0) is 4.74 Å². The summed E-state index contributed by atoms with van der Waals surface area (Å²) in [6.07, 6.45) is 3.56. The number of hydrogen-bond donors (Lipinski definition) is 1. The number of anilines is 1. The third-order valence-electron chi connectivity index (χ3n) is 2.53. The van der Waals surface area contributed by atoms with E-state index in [1.54, 1.807) is 6.20 Å². The molecule has 2 N–H and O–H groups in total. The molecule has 104 valence electrons. The molecule has 0 atom stereocenters. The average Bonchev–Trinajstić information content (AvgIpc) is 2.37. The largest absolute Gasteiger partial charge is 0.464 e.